The van der Waals surface area contributed by atoms with Crippen LogP contribution in [0.4, 0.5) is 11.9 Å². The highest BCUT2D eigenvalue weighted by atomic mass is 16.2. The smallest absolute Gasteiger partial charge is 0.258 e. The van der Waals surface area contributed by atoms with E-state index in [0.29, 0.717) is 16.8 Å². The van der Waals surface area contributed by atoms with Crippen molar-refractivity contribution in [3.63, 3.8) is 0 Å². The van der Waals surface area contributed by atoms with Crippen LogP contribution in [0.2, 0.25) is 0 Å². The molecule has 0 atom stereocenters. The monoisotopic (exact) mass is 411 g/mol. The summed E-state index contributed by atoms with van der Waals surface area (Å²) in [5.74, 6) is -0.323. The summed E-state index contributed by atoms with van der Waals surface area (Å²) in [6.07, 6.45) is 0. The van der Waals surface area contributed by atoms with Gasteiger partial charge >= 0.3 is 0 Å². The minimum Gasteiger partial charge on any atom is -0.290 e. The average Bonchev–Trinajstić information content (AvgIpc) is 3.16. The average molecular weight is 411 g/mol. The molecule has 31 heavy (non-hydrogen) atoms. The van der Waals surface area contributed by atoms with Crippen LogP contribution in [0, 0.1) is 13.8 Å². The Labute approximate surface area is 179 Å². The first-order valence-electron chi connectivity index (χ1n) is 9.79. The second kappa shape index (κ2) is 8.62. The number of para-hydroxylation sites is 1. The Morgan fingerprint density at radius 2 is 1.23 bits per heavy atom. The topological polar surface area (TPSA) is 88.9 Å². The van der Waals surface area contributed by atoms with E-state index in [4.69, 9.17) is 0 Å². The molecule has 4 rings (SSSR count). The molecule has 2 N–H and O–H groups in total. The van der Waals surface area contributed by atoms with Crippen molar-refractivity contribution in [2.24, 2.45) is 0 Å². The van der Waals surface area contributed by atoms with Gasteiger partial charge in [-0.2, -0.15) is 9.67 Å². The molecule has 0 unspecified atom stereocenters. The molecule has 2 amide bonds. The number of nitrogens with one attached hydrogen (secondary N) is 2. The van der Waals surface area contributed by atoms with Gasteiger partial charge in [-0.05, 0) is 49.2 Å². The lowest BCUT2D eigenvalue weighted by Crippen LogP contribution is -2.17. The van der Waals surface area contributed by atoms with Gasteiger partial charge in [0, 0.05) is 11.1 Å². The van der Waals surface area contributed by atoms with Gasteiger partial charge in [0.05, 0.1) is 5.69 Å². The van der Waals surface area contributed by atoms with Crippen molar-refractivity contribution in [3.05, 3.63) is 101 Å². The highest BCUT2D eigenvalue weighted by Gasteiger charge is 2.18. The number of aryl methyl sites for hydroxylation is 2. The summed E-state index contributed by atoms with van der Waals surface area (Å²) in [5.41, 5.74) is 3.46. The van der Waals surface area contributed by atoms with Gasteiger partial charge in [-0.1, -0.05) is 54.6 Å². The quantitative estimate of drug-likeness (QED) is 0.510. The Hall–Kier alpha value is -4.26. The van der Waals surface area contributed by atoms with Crippen LogP contribution in [0.1, 0.15) is 31.8 Å². The second-order valence-corrected chi connectivity index (χ2v) is 7.04. The van der Waals surface area contributed by atoms with Crippen molar-refractivity contribution in [2.45, 2.75) is 13.8 Å². The molecule has 0 aliphatic heterocycles. The number of hydrogen-bond donors (Lipinski definition) is 2. The third-order valence-corrected chi connectivity index (χ3v) is 4.84. The zero-order valence-corrected chi connectivity index (χ0v) is 17.2. The molecule has 7 heteroatoms. The van der Waals surface area contributed by atoms with E-state index >= 15 is 0 Å². The van der Waals surface area contributed by atoms with Gasteiger partial charge in [0.25, 0.3) is 17.8 Å². The Kier molecular flexibility index (Phi) is 5.57. The normalized spacial score (nSPS) is 10.5. The van der Waals surface area contributed by atoms with Gasteiger partial charge in [-0.3, -0.25) is 20.2 Å². The van der Waals surface area contributed by atoms with Crippen LogP contribution < -0.4 is 10.6 Å². The maximum absolute atomic E-state index is 12.8. The van der Waals surface area contributed by atoms with Crippen LogP contribution in [0.15, 0.2) is 78.9 Å². The number of benzene rings is 3. The molecule has 0 aliphatic carbocycles. The molecule has 0 aliphatic rings. The van der Waals surface area contributed by atoms with Crippen LogP contribution in [0.5, 0.6) is 0 Å². The summed E-state index contributed by atoms with van der Waals surface area (Å²) in [5, 5.41) is 9.93. The van der Waals surface area contributed by atoms with Gasteiger partial charge in [0.15, 0.2) is 0 Å². The van der Waals surface area contributed by atoms with E-state index in [2.05, 4.69) is 20.7 Å². The number of carbonyl (C=O) groups is 2. The van der Waals surface area contributed by atoms with Crippen molar-refractivity contribution in [3.8, 4) is 5.69 Å². The molecular weight excluding hydrogens is 390 g/mol. The van der Waals surface area contributed by atoms with E-state index in [9.17, 15) is 9.59 Å². The van der Waals surface area contributed by atoms with E-state index in [-0.39, 0.29) is 23.7 Å². The standard InChI is InChI=1S/C24H21N5O2/c1-16-10-6-8-14-19(16)21(30)25-23-27-24(29(28-23)18-12-4-3-5-13-18)26-22(31)20-15-9-7-11-17(20)2/h3-15H,1-2H3,(H2,25,26,27,28,30,31). The number of anilines is 2. The Morgan fingerprint density at radius 1 is 0.710 bits per heavy atom. The molecule has 0 radical (unpaired) electrons. The van der Waals surface area contributed by atoms with Gasteiger partial charge in [-0.15, -0.1) is 5.10 Å². The van der Waals surface area contributed by atoms with E-state index < -0.39 is 0 Å². The summed E-state index contributed by atoms with van der Waals surface area (Å²) in [6.45, 7) is 3.73. The predicted molar refractivity (Wildman–Crippen MR) is 120 cm³/mol. The number of aromatic nitrogens is 3. The third kappa shape index (κ3) is 4.35. The van der Waals surface area contributed by atoms with Crippen molar-refractivity contribution in [1.29, 1.82) is 0 Å². The Balaban J connectivity index is 1.66. The fourth-order valence-electron chi connectivity index (χ4n) is 3.19. The molecular formula is C24H21N5O2. The first kappa shape index (κ1) is 20.0. The number of rotatable bonds is 5. The fraction of sp³-hybridized carbons (Fsp3) is 0.0833. The van der Waals surface area contributed by atoms with Gasteiger partial charge < -0.3 is 0 Å². The van der Waals surface area contributed by atoms with Gasteiger partial charge in [0.2, 0.25) is 5.95 Å². The second-order valence-electron chi connectivity index (χ2n) is 7.04. The maximum atomic E-state index is 12.8. The molecule has 7 nitrogen and oxygen atoms in total. The van der Waals surface area contributed by atoms with Crippen molar-refractivity contribution >= 4 is 23.7 Å². The van der Waals surface area contributed by atoms with Crippen LogP contribution in [0.25, 0.3) is 5.69 Å². The Bertz CT molecular complexity index is 1250. The number of hydrogen-bond acceptors (Lipinski definition) is 4. The molecule has 0 saturated heterocycles. The fourth-order valence-corrected chi connectivity index (χ4v) is 3.19. The largest absolute Gasteiger partial charge is 0.290 e. The first-order valence-corrected chi connectivity index (χ1v) is 9.79. The summed E-state index contributed by atoms with van der Waals surface area (Å²) >= 11 is 0. The predicted octanol–water partition coefficient (Wildman–Crippen LogP) is 4.39. The van der Waals surface area contributed by atoms with Crippen molar-refractivity contribution in [2.75, 3.05) is 10.6 Å². The highest BCUT2D eigenvalue weighted by Crippen LogP contribution is 2.19. The molecule has 3 aromatic carbocycles. The first-order chi connectivity index (χ1) is 15.0. The third-order valence-electron chi connectivity index (χ3n) is 4.84. The van der Waals surface area contributed by atoms with Crippen LogP contribution >= 0.6 is 0 Å². The molecule has 1 heterocycles. The lowest BCUT2D eigenvalue weighted by molar-refractivity contribution is 0.101. The molecule has 0 spiro atoms. The van der Waals surface area contributed by atoms with Crippen molar-refractivity contribution < 1.29 is 9.59 Å². The summed E-state index contributed by atoms with van der Waals surface area (Å²) < 4.78 is 1.49. The highest BCUT2D eigenvalue weighted by molar-refractivity contribution is 6.06. The van der Waals surface area contributed by atoms with Crippen LogP contribution in [-0.2, 0) is 0 Å². The summed E-state index contributed by atoms with van der Waals surface area (Å²) in [6, 6.07) is 23.8. The molecule has 0 saturated carbocycles. The Morgan fingerprint density at radius 3 is 1.81 bits per heavy atom. The van der Waals surface area contributed by atoms with E-state index in [1.165, 1.54) is 4.68 Å². The maximum Gasteiger partial charge on any atom is 0.258 e. The number of amides is 2. The van der Waals surface area contributed by atoms with Crippen molar-refractivity contribution in [1.82, 2.24) is 14.8 Å². The summed E-state index contributed by atoms with van der Waals surface area (Å²) in [7, 11) is 0. The van der Waals surface area contributed by atoms with Gasteiger partial charge in [-0.25, -0.2) is 0 Å². The van der Waals surface area contributed by atoms with E-state index in [1.807, 2.05) is 68.4 Å². The zero-order valence-electron chi connectivity index (χ0n) is 17.2. The molecule has 0 bridgehead atoms. The van der Waals surface area contributed by atoms with E-state index in [0.717, 1.165) is 11.1 Å². The number of nitrogens with zero attached hydrogens (tertiary/aromatic N) is 3. The molecule has 154 valence electrons. The van der Waals surface area contributed by atoms with Gasteiger partial charge in [0.1, 0.15) is 0 Å². The lowest BCUT2D eigenvalue weighted by Gasteiger charge is -2.08. The summed E-state index contributed by atoms with van der Waals surface area (Å²) in [4.78, 5) is 29.9. The number of carbonyl (C=O) groups excluding carboxylic acids is 2. The minimum absolute atomic E-state index is 0.0946. The van der Waals surface area contributed by atoms with E-state index in [1.54, 1.807) is 24.3 Å². The zero-order chi connectivity index (χ0) is 21.8. The molecule has 1 aromatic heterocycles. The SMILES string of the molecule is Cc1ccccc1C(=O)Nc1nc(NC(=O)c2ccccc2C)n(-c2ccccc2)n1. The lowest BCUT2D eigenvalue weighted by atomic mass is 10.1. The van der Waals surface area contributed by atoms with Crippen LogP contribution in [0.3, 0.4) is 0 Å². The molecule has 4 aromatic rings. The molecule has 0 fully saturated rings. The minimum atomic E-state index is -0.319. The van der Waals surface area contributed by atoms with Crippen LogP contribution in [-0.4, -0.2) is 26.6 Å².